The van der Waals surface area contributed by atoms with E-state index in [4.69, 9.17) is 12.2 Å². The van der Waals surface area contributed by atoms with Crippen LogP contribution in [0.25, 0.3) is 0 Å². The van der Waals surface area contributed by atoms with Gasteiger partial charge in [0, 0.05) is 25.7 Å². The summed E-state index contributed by atoms with van der Waals surface area (Å²) in [6.45, 7) is 2.50. The summed E-state index contributed by atoms with van der Waals surface area (Å²) >= 11 is 7.24. The Balaban J connectivity index is 1.73. The van der Waals surface area contributed by atoms with Crippen molar-refractivity contribution >= 4 is 35.0 Å². The Bertz CT molecular complexity index is 563. The van der Waals surface area contributed by atoms with Gasteiger partial charge in [-0.15, -0.1) is 0 Å². The molecule has 1 aliphatic heterocycles. The molecule has 0 aromatic heterocycles. The van der Waals surface area contributed by atoms with E-state index in [1.54, 1.807) is 12.1 Å². The highest BCUT2D eigenvalue weighted by molar-refractivity contribution is 7.98. The van der Waals surface area contributed by atoms with Crippen molar-refractivity contribution < 1.29 is 9.18 Å². The van der Waals surface area contributed by atoms with E-state index in [0.717, 1.165) is 49.8 Å². The number of piperidine rings is 1. The highest BCUT2D eigenvalue weighted by Crippen LogP contribution is 2.13. The van der Waals surface area contributed by atoms with Gasteiger partial charge in [-0.1, -0.05) is 12.1 Å². The van der Waals surface area contributed by atoms with Crippen LogP contribution in [-0.2, 0) is 0 Å². The Morgan fingerprint density at radius 1 is 1.38 bits per heavy atom. The first-order chi connectivity index (χ1) is 11.6. The summed E-state index contributed by atoms with van der Waals surface area (Å²) in [6, 6.07) is 6.12. The third-order valence-electron chi connectivity index (χ3n) is 4.04. The van der Waals surface area contributed by atoms with Gasteiger partial charge in [-0.2, -0.15) is 11.8 Å². The zero-order valence-electron chi connectivity index (χ0n) is 13.9. The van der Waals surface area contributed by atoms with Crippen LogP contribution >= 0.6 is 24.0 Å². The smallest absolute Gasteiger partial charge is 0.254 e. The predicted octanol–water partition coefficient (Wildman–Crippen LogP) is 2.65. The fraction of sp³-hybridized carbons (Fsp3) is 0.529. The summed E-state index contributed by atoms with van der Waals surface area (Å²) in [5.41, 5.74) is 0.103. The highest BCUT2D eigenvalue weighted by atomic mass is 32.2. The third-order valence-corrected chi connectivity index (χ3v) is 5.14. The molecule has 0 spiro atoms. The summed E-state index contributed by atoms with van der Waals surface area (Å²) in [7, 11) is 0. The number of benzene rings is 1. The normalized spacial score (nSPS) is 15.2. The molecular weight excluding hydrogens is 345 g/mol. The molecular formula is C17H24FN3OS2. The van der Waals surface area contributed by atoms with Crippen LogP contribution in [0.1, 0.15) is 29.6 Å². The van der Waals surface area contributed by atoms with Gasteiger partial charge in [-0.3, -0.25) is 4.79 Å². The number of hydrogen-bond acceptors (Lipinski definition) is 3. The molecule has 1 saturated heterocycles. The molecule has 0 radical (unpaired) electrons. The van der Waals surface area contributed by atoms with E-state index in [9.17, 15) is 9.18 Å². The standard InChI is InChI=1S/C17H24FN3OS2/c1-24-12-4-9-19-17(23)21-10-7-13(8-11-21)20-16(22)14-5-2-3-6-15(14)18/h2-3,5-6,13H,4,7-12H2,1H3,(H,19,23)(H,20,22). The molecule has 0 saturated carbocycles. The Hall–Kier alpha value is -1.34. The number of likely N-dealkylation sites (tertiary alicyclic amines) is 1. The summed E-state index contributed by atoms with van der Waals surface area (Å²) < 4.78 is 13.6. The second-order valence-corrected chi connectivity index (χ2v) is 7.17. The van der Waals surface area contributed by atoms with Crippen LogP contribution in [0.3, 0.4) is 0 Å². The molecule has 7 heteroatoms. The van der Waals surface area contributed by atoms with E-state index in [0.29, 0.717) is 0 Å². The largest absolute Gasteiger partial charge is 0.363 e. The van der Waals surface area contributed by atoms with Crippen LogP contribution in [0, 0.1) is 5.82 Å². The van der Waals surface area contributed by atoms with Crippen LogP contribution in [0.5, 0.6) is 0 Å². The van der Waals surface area contributed by atoms with Gasteiger partial charge in [0.05, 0.1) is 5.56 Å². The number of thiocarbonyl (C=S) groups is 1. The molecule has 2 rings (SSSR count). The van der Waals surface area contributed by atoms with Crippen LogP contribution in [0.4, 0.5) is 4.39 Å². The molecule has 4 nitrogen and oxygen atoms in total. The molecule has 0 unspecified atom stereocenters. The minimum atomic E-state index is -0.483. The van der Waals surface area contributed by atoms with Crippen molar-refractivity contribution in [3.8, 4) is 0 Å². The molecule has 2 N–H and O–H groups in total. The first-order valence-corrected chi connectivity index (χ1v) is 9.99. The number of nitrogens with one attached hydrogen (secondary N) is 2. The third kappa shape index (κ3) is 5.63. The molecule has 24 heavy (non-hydrogen) atoms. The number of carbonyl (C=O) groups excluding carboxylic acids is 1. The van der Waals surface area contributed by atoms with Gasteiger partial charge in [-0.25, -0.2) is 4.39 Å². The first-order valence-electron chi connectivity index (χ1n) is 8.19. The molecule has 0 aliphatic carbocycles. The van der Waals surface area contributed by atoms with Crippen LogP contribution in [-0.4, -0.2) is 53.6 Å². The van der Waals surface area contributed by atoms with E-state index in [-0.39, 0.29) is 17.5 Å². The fourth-order valence-corrected chi connectivity index (χ4v) is 3.38. The predicted molar refractivity (Wildman–Crippen MR) is 102 cm³/mol. The van der Waals surface area contributed by atoms with E-state index < -0.39 is 5.82 Å². The van der Waals surface area contributed by atoms with E-state index >= 15 is 0 Å². The molecule has 1 amide bonds. The van der Waals surface area contributed by atoms with Gasteiger partial charge in [0.15, 0.2) is 5.11 Å². The Kier molecular flexibility index (Phi) is 7.78. The maximum absolute atomic E-state index is 13.6. The van der Waals surface area contributed by atoms with Gasteiger partial charge in [-0.05, 0) is 55.6 Å². The lowest BCUT2D eigenvalue weighted by Crippen LogP contribution is -2.49. The number of carbonyl (C=O) groups is 1. The van der Waals surface area contributed by atoms with Crippen LogP contribution in [0.2, 0.25) is 0 Å². The maximum Gasteiger partial charge on any atom is 0.254 e. The Morgan fingerprint density at radius 2 is 2.08 bits per heavy atom. The lowest BCUT2D eigenvalue weighted by atomic mass is 10.0. The van der Waals surface area contributed by atoms with Crippen LogP contribution < -0.4 is 10.6 Å². The van der Waals surface area contributed by atoms with Gasteiger partial charge < -0.3 is 15.5 Å². The zero-order valence-corrected chi connectivity index (χ0v) is 15.5. The Morgan fingerprint density at radius 3 is 2.75 bits per heavy atom. The fourth-order valence-electron chi connectivity index (χ4n) is 2.66. The second-order valence-electron chi connectivity index (χ2n) is 5.79. The quantitative estimate of drug-likeness (QED) is 0.596. The lowest BCUT2D eigenvalue weighted by Gasteiger charge is -2.34. The number of thioether (sulfide) groups is 1. The average Bonchev–Trinajstić information content (AvgIpc) is 2.59. The van der Waals surface area contributed by atoms with Crippen molar-refractivity contribution in [1.82, 2.24) is 15.5 Å². The second kappa shape index (κ2) is 9.84. The van der Waals surface area contributed by atoms with E-state index in [1.807, 2.05) is 11.8 Å². The van der Waals surface area contributed by atoms with Crippen molar-refractivity contribution in [2.75, 3.05) is 31.6 Å². The number of rotatable bonds is 6. The van der Waals surface area contributed by atoms with Crippen LogP contribution in [0.15, 0.2) is 24.3 Å². The molecule has 132 valence electrons. The molecule has 1 aliphatic rings. The minimum Gasteiger partial charge on any atom is -0.363 e. The topological polar surface area (TPSA) is 44.4 Å². The van der Waals surface area contributed by atoms with Gasteiger partial charge in [0.2, 0.25) is 0 Å². The summed E-state index contributed by atoms with van der Waals surface area (Å²) in [5.74, 6) is 0.298. The van der Waals surface area contributed by atoms with E-state index in [1.165, 1.54) is 12.1 Å². The molecule has 0 atom stereocenters. The first kappa shape index (κ1) is 19.0. The molecule has 1 aromatic carbocycles. The van der Waals surface area contributed by atoms with Crippen molar-refractivity contribution in [3.63, 3.8) is 0 Å². The van der Waals surface area contributed by atoms with Gasteiger partial charge in [0.25, 0.3) is 5.91 Å². The molecule has 1 heterocycles. The van der Waals surface area contributed by atoms with Crippen molar-refractivity contribution in [2.24, 2.45) is 0 Å². The lowest BCUT2D eigenvalue weighted by molar-refractivity contribution is 0.0918. The zero-order chi connectivity index (χ0) is 17.4. The monoisotopic (exact) mass is 369 g/mol. The van der Waals surface area contributed by atoms with Gasteiger partial charge >= 0.3 is 0 Å². The van der Waals surface area contributed by atoms with Crippen molar-refractivity contribution in [3.05, 3.63) is 35.6 Å². The number of amides is 1. The molecule has 0 bridgehead atoms. The minimum absolute atomic E-state index is 0.0626. The number of halogens is 1. The van der Waals surface area contributed by atoms with Crippen molar-refractivity contribution in [2.45, 2.75) is 25.3 Å². The SMILES string of the molecule is CSCCCNC(=S)N1CCC(NC(=O)c2ccccc2F)CC1. The van der Waals surface area contributed by atoms with Gasteiger partial charge in [0.1, 0.15) is 5.82 Å². The summed E-state index contributed by atoms with van der Waals surface area (Å²) in [5, 5.41) is 6.99. The van der Waals surface area contributed by atoms with Crippen molar-refractivity contribution in [1.29, 1.82) is 0 Å². The highest BCUT2D eigenvalue weighted by Gasteiger charge is 2.23. The Labute approximate surface area is 152 Å². The maximum atomic E-state index is 13.6. The number of nitrogens with zero attached hydrogens (tertiary/aromatic N) is 1. The average molecular weight is 370 g/mol. The van der Waals surface area contributed by atoms with E-state index in [2.05, 4.69) is 21.8 Å². The summed E-state index contributed by atoms with van der Waals surface area (Å²) in [4.78, 5) is 14.3. The number of hydrogen-bond donors (Lipinski definition) is 2. The molecule has 1 fully saturated rings. The molecule has 1 aromatic rings. The summed E-state index contributed by atoms with van der Waals surface area (Å²) in [6.07, 6.45) is 4.81.